The van der Waals surface area contributed by atoms with Crippen molar-refractivity contribution < 1.29 is 0 Å². The minimum absolute atomic E-state index is 0.524. The molecule has 0 heterocycles. The molecule has 1 aromatic rings. The quantitative estimate of drug-likeness (QED) is 0.476. The van der Waals surface area contributed by atoms with Crippen molar-refractivity contribution in [2.75, 3.05) is 11.5 Å². The van der Waals surface area contributed by atoms with Crippen LogP contribution in [0.25, 0.3) is 0 Å². The number of hydrogen-bond donors (Lipinski definition) is 1. The number of benzene rings is 1. The Hall–Kier alpha value is -0.850. The molecule has 1 aromatic carbocycles. The van der Waals surface area contributed by atoms with Gasteiger partial charge in [-0.25, -0.2) is 0 Å². The summed E-state index contributed by atoms with van der Waals surface area (Å²) in [5, 5.41) is 9.02. The van der Waals surface area contributed by atoms with Crippen molar-refractivity contribution in [2.24, 2.45) is 0 Å². The van der Waals surface area contributed by atoms with E-state index in [9.17, 15) is 0 Å². The fourth-order valence-electron chi connectivity index (χ4n) is 0.840. The van der Waals surface area contributed by atoms with E-state index in [-0.39, 0.29) is 0 Å². The van der Waals surface area contributed by atoms with Gasteiger partial charge in [0, 0.05) is 27.8 Å². The summed E-state index contributed by atoms with van der Waals surface area (Å²) in [6, 6.07) is 7.43. The summed E-state index contributed by atoms with van der Waals surface area (Å²) in [7, 11) is 0. The van der Waals surface area contributed by atoms with Gasteiger partial charge in [0.1, 0.15) is 0 Å². The fourth-order valence-corrected chi connectivity index (χ4v) is 1.93. The van der Waals surface area contributed by atoms with Crippen molar-refractivity contribution in [1.29, 1.82) is 5.26 Å². The second-order valence-corrected chi connectivity index (χ2v) is 4.01. The molecule has 0 saturated carbocycles. The molecule has 0 bridgehead atoms. The molecule has 0 radical (unpaired) electrons. The molecule has 0 spiro atoms. The summed E-state index contributed by atoms with van der Waals surface area (Å²) in [5.74, 6) is 0.751. The fraction of sp³-hybridized carbons (Fsp3) is 0.222. The van der Waals surface area contributed by atoms with Crippen LogP contribution in [0, 0.1) is 11.3 Å². The standard InChI is InChI=1S/C9H9ClN2S/c10-7-2-3-8(12)9(6-7)13-5-1-4-11/h2-3,6H,1,5,12H2. The van der Waals surface area contributed by atoms with Crippen LogP contribution in [-0.4, -0.2) is 5.75 Å². The van der Waals surface area contributed by atoms with Gasteiger partial charge >= 0.3 is 0 Å². The van der Waals surface area contributed by atoms with Gasteiger partial charge in [-0.1, -0.05) is 11.6 Å². The number of nitriles is 1. The molecule has 0 unspecified atom stereocenters. The second kappa shape index (κ2) is 5.00. The highest BCUT2D eigenvalue weighted by atomic mass is 35.5. The number of nitrogens with two attached hydrogens (primary N) is 1. The van der Waals surface area contributed by atoms with E-state index >= 15 is 0 Å². The molecule has 0 atom stereocenters. The lowest BCUT2D eigenvalue weighted by molar-refractivity contribution is 1.23. The van der Waals surface area contributed by atoms with Gasteiger partial charge in [0.25, 0.3) is 0 Å². The number of hydrogen-bond acceptors (Lipinski definition) is 3. The number of nitrogens with zero attached hydrogens (tertiary/aromatic N) is 1. The third kappa shape index (κ3) is 3.17. The van der Waals surface area contributed by atoms with E-state index in [0.29, 0.717) is 17.1 Å². The normalized spacial score (nSPS) is 9.54. The molecule has 13 heavy (non-hydrogen) atoms. The van der Waals surface area contributed by atoms with Crippen LogP contribution in [0.4, 0.5) is 5.69 Å². The van der Waals surface area contributed by atoms with E-state index in [1.165, 1.54) is 0 Å². The predicted molar refractivity (Wildman–Crippen MR) is 56.8 cm³/mol. The number of anilines is 1. The van der Waals surface area contributed by atoms with Crippen molar-refractivity contribution in [2.45, 2.75) is 11.3 Å². The lowest BCUT2D eigenvalue weighted by Crippen LogP contribution is -1.88. The maximum Gasteiger partial charge on any atom is 0.0630 e. The third-order valence-electron chi connectivity index (χ3n) is 1.45. The van der Waals surface area contributed by atoms with Gasteiger partial charge in [-0.05, 0) is 18.2 Å². The first-order chi connectivity index (χ1) is 6.24. The van der Waals surface area contributed by atoms with E-state index in [1.807, 2.05) is 6.07 Å². The first kappa shape index (κ1) is 10.2. The molecule has 0 aromatic heterocycles. The van der Waals surface area contributed by atoms with Gasteiger partial charge in [-0.3, -0.25) is 0 Å². The molecule has 0 aliphatic heterocycles. The van der Waals surface area contributed by atoms with Gasteiger partial charge in [0.05, 0.1) is 6.07 Å². The Morgan fingerprint density at radius 2 is 2.31 bits per heavy atom. The van der Waals surface area contributed by atoms with Crippen LogP contribution in [-0.2, 0) is 0 Å². The van der Waals surface area contributed by atoms with Crippen LogP contribution in [0.1, 0.15) is 6.42 Å². The van der Waals surface area contributed by atoms with Crippen LogP contribution in [0.15, 0.2) is 23.1 Å². The summed E-state index contributed by atoms with van der Waals surface area (Å²) in [4.78, 5) is 0.947. The van der Waals surface area contributed by atoms with Gasteiger partial charge in [-0.2, -0.15) is 5.26 Å². The van der Waals surface area contributed by atoms with E-state index in [2.05, 4.69) is 6.07 Å². The second-order valence-electron chi connectivity index (χ2n) is 2.44. The largest absolute Gasteiger partial charge is 0.398 e. The summed E-state index contributed by atoms with van der Waals surface area (Å²) >= 11 is 7.35. The molecule has 2 N–H and O–H groups in total. The predicted octanol–water partition coefficient (Wildman–Crippen LogP) is 2.93. The number of thioether (sulfide) groups is 1. The Morgan fingerprint density at radius 1 is 1.54 bits per heavy atom. The maximum absolute atomic E-state index is 8.35. The zero-order valence-corrected chi connectivity index (χ0v) is 8.53. The average molecular weight is 213 g/mol. The molecule has 2 nitrogen and oxygen atoms in total. The summed E-state index contributed by atoms with van der Waals surface area (Å²) in [5.41, 5.74) is 6.42. The lowest BCUT2D eigenvalue weighted by atomic mass is 10.3. The first-order valence-corrected chi connectivity index (χ1v) is 5.15. The molecule has 0 fully saturated rings. The van der Waals surface area contributed by atoms with E-state index < -0.39 is 0 Å². The Balaban J connectivity index is 2.65. The SMILES string of the molecule is N#CCCSc1cc(Cl)ccc1N. The highest BCUT2D eigenvalue weighted by Gasteiger charge is 2.00. The Bertz CT molecular complexity index is 333. The van der Waals surface area contributed by atoms with Crippen molar-refractivity contribution in [1.82, 2.24) is 0 Å². The minimum Gasteiger partial charge on any atom is -0.398 e. The molecule has 0 saturated heterocycles. The number of rotatable bonds is 3. The summed E-state index contributed by atoms with van der Waals surface area (Å²) in [6.07, 6.45) is 0.524. The number of halogens is 1. The summed E-state index contributed by atoms with van der Waals surface area (Å²) < 4.78 is 0. The van der Waals surface area contributed by atoms with Crippen LogP contribution in [0.2, 0.25) is 5.02 Å². The van der Waals surface area contributed by atoms with E-state index in [1.54, 1.807) is 23.9 Å². The van der Waals surface area contributed by atoms with Crippen molar-refractivity contribution in [3.8, 4) is 6.07 Å². The van der Waals surface area contributed by atoms with Crippen LogP contribution >= 0.6 is 23.4 Å². The van der Waals surface area contributed by atoms with Crippen molar-refractivity contribution >= 4 is 29.1 Å². The molecule has 68 valence electrons. The van der Waals surface area contributed by atoms with E-state index in [4.69, 9.17) is 22.6 Å². The zero-order chi connectivity index (χ0) is 9.68. The van der Waals surface area contributed by atoms with Gasteiger partial charge < -0.3 is 5.73 Å². The Labute approximate surface area is 86.7 Å². The highest BCUT2D eigenvalue weighted by molar-refractivity contribution is 7.99. The maximum atomic E-state index is 8.35. The highest BCUT2D eigenvalue weighted by Crippen LogP contribution is 2.28. The Morgan fingerprint density at radius 3 is 3.00 bits per heavy atom. The summed E-state index contributed by atoms with van der Waals surface area (Å²) in [6.45, 7) is 0. The van der Waals surface area contributed by atoms with Crippen LogP contribution in [0.5, 0.6) is 0 Å². The molecular weight excluding hydrogens is 204 g/mol. The van der Waals surface area contributed by atoms with Gasteiger partial charge in [-0.15, -0.1) is 11.8 Å². The molecule has 0 amide bonds. The van der Waals surface area contributed by atoms with Crippen molar-refractivity contribution in [3.05, 3.63) is 23.2 Å². The number of nitrogen functional groups attached to an aromatic ring is 1. The van der Waals surface area contributed by atoms with Crippen LogP contribution < -0.4 is 5.73 Å². The molecule has 4 heteroatoms. The zero-order valence-electron chi connectivity index (χ0n) is 6.96. The third-order valence-corrected chi connectivity index (χ3v) is 2.75. The van der Waals surface area contributed by atoms with Crippen LogP contribution in [0.3, 0.4) is 0 Å². The smallest absolute Gasteiger partial charge is 0.0630 e. The topological polar surface area (TPSA) is 49.8 Å². The average Bonchev–Trinajstić information content (AvgIpc) is 2.11. The van der Waals surface area contributed by atoms with Gasteiger partial charge in [0.15, 0.2) is 0 Å². The van der Waals surface area contributed by atoms with Gasteiger partial charge in [0.2, 0.25) is 0 Å². The molecular formula is C9H9ClN2S. The lowest BCUT2D eigenvalue weighted by Gasteiger charge is -2.03. The molecule has 0 aliphatic carbocycles. The first-order valence-electron chi connectivity index (χ1n) is 3.79. The molecule has 1 rings (SSSR count). The Kier molecular flexibility index (Phi) is 3.94. The minimum atomic E-state index is 0.524. The molecule has 0 aliphatic rings. The van der Waals surface area contributed by atoms with Crippen molar-refractivity contribution in [3.63, 3.8) is 0 Å². The van der Waals surface area contributed by atoms with E-state index in [0.717, 1.165) is 10.6 Å². The monoisotopic (exact) mass is 212 g/mol.